The molecule has 0 radical (unpaired) electrons. The van der Waals surface area contributed by atoms with Crippen LogP contribution in [0.4, 0.5) is 5.69 Å². The van der Waals surface area contributed by atoms with Gasteiger partial charge in [-0.15, -0.1) is 11.3 Å². The maximum Gasteiger partial charge on any atom is 0.216 e. The molecule has 3 N–H and O–H groups in total. The van der Waals surface area contributed by atoms with Crippen LogP contribution in [0.5, 0.6) is 0 Å². The minimum Gasteiger partial charge on any atom is -0.398 e. The summed E-state index contributed by atoms with van der Waals surface area (Å²) in [5.74, 6) is -0.102. The van der Waals surface area contributed by atoms with E-state index in [1.807, 2.05) is 24.4 Å². The summed E-state index contributed by atoms with van der Waals surface area (Å²) in [6.07, 6.45) is 0. The van der Waals surface area contributed by atoms with Gasteiger partial charge in [0, 0.05) is 10.6 Å². The summed E-state index contributed by atoms with van der Waals surface area (Å²) in [5, 5.41) is 1.93. The second kappa shape index (κ2) is 5.73. The van der Waals surface area contributed by atoms with Crippen molar-refractivity contribution in [3.63, 3.8) is 0 Å². The first-order valence-electron chi connectivity index (χ1n) is 5.85. The Morgan fingerprint density at radius 2 is 2.00 bits per heavy atom. The maximum absolute atomic E-state index is 12.1. The molecule has 19 heavy (non-hydrogen) atoms. The molecule has 0 bridgehead atoms. The first kappa shape index (κ1) is 14.0. The predicted octanol–water partition coefficient (Wildman–Crippen LogP) is 2.51. The van der Waals surface area contributed by atoms with E-state index in [1.54, 1.807) is 24.3 Å². The van der Waals surface area contributed by atoms with Crippen molar-refractivity contribution in [3.8, 4) is 0 Å². The zero-order chi connectivity index (χ0) is 13.9. The molecule has 0 aliphatic rings. The van der Waals surface area contributed by atoms with Crippen LogP contribution in [0.25, 0.3) is 0 Å². The molecule has 0 aliphatic carbocycles. The van der Waals surface area contributed by atoms with E-state index in [1.165, 1.54) is 11.3 Å². The lowest BCUT2D eigenvalue weighted by molar-refractivity contribution is 0.567. The standard InChI is InChI=1S/C13H16N2O2S2/c1-10(13-7-4-8-18-13)15-19(16,17)9-11-5-2-3-6-12(11)14/h2-8,10,15H,9,14H2,1H3. The normalized spacial score (nSPS) is 13.3. The summed E-state index contributed by atoms with van der Waals surface area (Å²) >= 11 is 1.53. The van der Waals surface area contributed by atoms with Crippen molar-refractivity contribution in [2.45, 2.75) is 18.7 Å². The smallest absolute Gasteiger partial charge is 0.216 e. The largest absolute Gasteiger partial charge is 0.398 e. The first-order valence-corrected chi connectivity index (χ1v) is 8.38. The summed E-state index contributed by atoms with van der Waals surface area (Å²) in [6.45, 7) is 1.83. The van der Waals surface area contributed by atoms with Gasteiger partial charge < -0.3 is 5.73 Å². The number of rotatable bonds is 5. The number of para-hydroxylation sites is 1. The zero-order valence-electron chi connectivity index (χ0n) is 10.5. The van der Waals surface area contributed by atoms with Gasteiger partial charge in [-0.2, -0.15) is 0 Å². The summed E-state index contributed by atoms with van der Waals surface area (Å²) in [7, 11) is -3.41. The van der Waals surface area contributed by atoms with Gasteiger partial charge in [-0.25, -0.2) is 13.1 Å². The van der Waals surface area contributed by atoms with E-state index in [0.29, 0.717) is 11.3 Å². The molecule has 2 rings (SSSR count). The van der Waals surface area contributed by atoms with Gasteiger partial charge in [0.1, 0.15) is 0 Å². The molecule has 0 saturated carbocycles. The van der Waals surface area contributed by atoms with Gasteiger partial charge in [-0.3, -0.25) is 0 Å². The van der Waals surface area contributed by atoms with E-state index >= 15 is 0 Å². The van der Waals surface area contributed by atoms with Crippen LogP contribution in [0.15, 0.2) is 41.8 Å². The van der Waals surface area contributed by atoms with Crippen LogP contribution in [-0.2, 0) is 15.8 Å². The number of benzene rings is 1. The molecule has 4 nitrogen and oxygen atoms in total. The third-order valence-corrected chi connectivity index (χ3v) is 5.19. The Kier molecular flexibility index (Phi) is 4.24. The molecule has 0 spiro atoms. The lowest BCUT2D eigenvalue weighted by atomic mass is 10.2. The summed E-state index contributed by atoms with van der Waals surface area (Å²) < 4.78 is 26.9. The highest BCUT2D eigenvalue weighted by molar-refractivity contribution is 7.88. The average Bonchev–Trinajstić information content (AvgIpc) is 2.85. The van der Waals surface area contributed by atoms with E-state index in [9.17, 15) is 8.42 Å². The monoisotopic (exact) mass is 296 g/mol. The van der Waals surface area contributed by atoms with Gasteiger partial charge in [-0.05, 0) is 30.0 Å². The van der Waals surface area contributed by atoms with E-state index < -0.39 is 10.0 Å². The topological polar surface area (TPSA) is 72.2 Å². The van der Waals surface area contributed by atoms with Crippen LogP contribution in [-0.4, -0.2) is 8.42 Å². The number of sulfonamides is 1. The molecule has 0 amide bonds. The van der Waals surface area contributed by atoms with Crippen molar-refractivity contribution >= 4 is 27.0 Å². The van der Waals surface area contributed by atoms with Crippen molar-refractivity contribution in [1.29, 1.82) is 0 Å². The first-order chi connectivity index (χ1) is 8.98. The lowest BCUT2D eigenvalue weighted by Gasteiger charge is -2.13. The van der Waals surface area contributed by atoms with Gasteiger partial charge in [0.2, 0.25) is 10.0 Å². The van der Waals surface area contributed by atoms with Crippen LogP contribution >= 0.6 is 11.3 Å². The Bertz CT molecular complexity index is 636. The number of thiophene rings is 1. The van der Waals surface area contributed by atoms with Gasteiger partial charge in [-0.1, -0.05) is 24.3 Å². The number of anilines is 1. The molecule has 1 aromatic carbocycles. The number of nitrogens with one attached hydrogen (secondary N) is 1. The van der Waals surface area contributed by atoms with Crippen LogP contribution in [0.1, 0.15) is 23.4 Å². The van der Waals surface area contributed by atoms with Crippen LogP contribution in [0.2, 0.25) is 0 Å². The molecule has 0 fully saturated rings. The fraction of sp³-hybridized carbons (Fsp3) is 0.231. The van der Waals surface area contributed by atoms with Gasteiger partial charge >= 0.3 is 0 Å². The molecule has 0 saturated heterocycles. The summed E-state index contributed by atoms with van der Waals surface area (Å²) in [5.41, 5.74) is 6.88. The molecule has 6 heteroatoms. The second-order valence-corrected chi connectivity index (χ2v) is 7.05. The Labute approximate surface area is 117 Å². The number of nitrogens with two attached hydrogens (primary N) is 1. The minimum absolute atomic E-state index is 0.102. The van der Waals surface area contributed by atoms with Gasteiger partial charge in [0.15, 0.2) is 0 Å². The van der Waals surface area contributed by atoms with Crippen molar-refractivity contribution in [3.05, 3.63) is 52.2 Å². The van der Waals surface area contributed by atoms with Crippen molar-refractivity contribution < 1.29 is 8.42 Å². The molecule has 1 heterocycles. The van der Waals surface area contributed by atoms with Crippen molar-refractivity contribution in [1.82, 2.24) is 4.72 Å². The fourth-order valence-electron chi connectivity index (χ4n) is 1.78. The van der Waals surface area contributed by atoms with Crippen LogP contribution in [0, 0.1) is 0 Å². The Morgan fingerprint density at radius 3 is 2.63 bits per heavy atom. The second-order valence-electron chi connectivity index (χ2n) is 4.31. The molecular formula is C13H16N2O2S2. The third-order valence-electron chi connectivity index (χ3n) is 2.73. The maximum atomic E-state index is 12.1. The zero-order valence-corrected chi connectivity index (χ0v) is 12.2. The highest BCUT2D eigenvalue weighted by Gasteiger charge is 2.18. The number of nitrogen functional groups attached to an aromatic ring is 1. The molecule has 1 atom stereocenters. The Balaban J connectivity index is 2.09. The minimum atomic E-state index is -3.41. The third kappa shape index (κ3) is 3.79. The average molecular weight is 296 g/mol. The highest BCUT2D eigenvalue weighted by atomic mass is 32.2. The quantitative estimate of drug-likeness (QED) is 0.833. The molecule has 2 aromatic rings. The molecular weight excluding hydrogens is 280 g/mol. The van der Waals surface area contributed by atoms with Crippen LogP contribution < -0.4 is 10.5 Å². The van der Waals surface area contributed by atoms with Crippen LogP contribution in [0.3, 0.4) is 0 Å². The van der Waals surface area contributed by atoms with E-state index in [0.717, 1.165) is 4.88 Å². The number of hydrogen-bond acceptors (Lipinski definition) is 4. The van der Waals surface area contributed by atoms with E-state index in [-0.39, 0.29) is 11.8 Å². The Hall–Kier alpha value is -1.37. The lowest BCUT2D eigenvalue weighted by Crippen LogP contribution is -2.27. The van der Waals surface area contributed by atoms with Gasteiger partial charge in [0.25, 0.3) is 0 Å². The predicted molar refractivity (Wildman–Crippen MR) is 79.3 cm³/mol. The van der Waals surface area contributed by atoms with E-state index in [4.69, 9.17) is 5.73 Å². The van der Waals surface area contributed by atoms with Gasteiger partial charge in [0.05, 0.1) is 11.8 Å². The number of hydrogen-bond donors (Lipinski definition) is 2. The van der Waals surface area contributed by atoms with E-state index in [2.05, 4.69) is 4.72 Å². The highest BCUT2D eigenvalue weighted by Crippen LogP contribution is 2.20. The SMILES string of the molecule is CC(NS(=O)(=O)Cc1ccccc1N)c1cccs1. The molecule has 1 unspecified atom stereocenters. The summed E-state index contributed by atoms with van der Waals surface area (Å²) in [6, 6.07) is 10.6. The Morgan fingerprint density at radius 1 is 1.26 bits per heavy atom. The fourth-order valence-corrected chi connectivity index (χ4v) is 4.01. The summed E-state index contributed by atoms with van der Waals surface area (Å²) in [4.78, 5) is 0.990. The van der Waals surface area contributed by atoms with Crippen molar-refractivity contribution in [2.75, 3.05) is 5.73 Å². The van der Waals surface area contributed by atoms with Crippen molar-refractivity contribution in [2.24, 2.45) is 0 Å². The molecule has 102 valence electrons. The molecule has 0 aliphatic heterocycles. The molecule has 1 aromatic heterocycles.